The Kier molecular flexibility index (Phi) is 4.32. The first-order valence-corrected chi connectivity index (χ1v) is 8.18. The molecule has 0 radical (unpaired) electrons. The number of carbonyl (C=O) groups is 1. The molecule has 108 valence electrons. The largest absolute Gasteiger partial charge is 0.326 e. The summed E-state index contributed by atoms with van der Waals surface area (Å²) in [6.07, 6.45) is 2.38. The van der Waals surface area contributed by atoms with E-state index in [4.69, 9.17) is 11.6 Å². The van der Waals surface area contributed by atoms with Crippen molar-refractivity contribution in [2.24, 2.45) is 0 Å². The maximum absolute atomic E-state index is 11.6. The van der Waals surface area contributed by atoms with Crippen LogP contribution in [-0.2, 0) is 11.2 Å². The minimum Gasteiger partial charge on any atom is -0.326 e. The lowest BCUT2D eigenvalue weighted by Gasteiger charge is -2.14. The molecule has 1 aliphatic heterocycles. The van der Waals surface area contributed by atoms with Crippen LogP contribution in [0.4, 0.5) is 5.69 Å². The van der Waals surface area contributed by atoms with E-state index >= 15 is 0 Å². The highest BCUT2D eigenvalue weighted by molar-refractivity contribution is 9.10. The van der Waals surface area contributed by atoms with Gasteiger partial charge in [-0.25, -0.2) is 0 Å². The van der Waals surface area contributed by atoms with E-state index in [9.17, 15) is 4.79 Å². The van der Waals surface area contributed by atoms with Crippen LogP contribution >= 0.6 is 27.5 Å². The summed E-state index contributed by atoms with van der Waals surface area (Å²) in [5, 5.41) is 2.77. The van der Waals surface area contributed by atoms with Gasteiger partial charge < -0.3 is 5.32 Å². The maximum atomic E-state index is 11.6. The fourth-order valence-electron chi connectivity index (χ4n) is 2.58. The van der Waals surface area contributed by atoms with E-state index in [-0.39, 0.29) is 11.3 Å². The highest BCUT2D eigenvalue weighted by Gasteiger charge is 2.16. The van der Waals surface area contributed by atoms with Gasteiger partial charge >= 0.3 is 0 Å². The molecule has 4 heteroatoms. The van der Waals surface area contributed by atoms with Gasteiger partial charge in [0.1, 0.15) is 0 Å². The second-order valence-corrected chi connectivity index (χ2v) is 6.58. The van der Waals surface area contributed by atoms with Gasteiger partial charge in [-0.15, -0.1) is 11.6 Å². The van der Waals surface area contributed by atoms with Crippen LogP contribution in [0.2, 0.25) is 0 Å². The summed E-state index contributed by atoms with van der Waals surface area (Å²) in [5.74, 6) is 0.0943. The summed E-state index contributed by atoms with van der Waals surface area (Å²) in [7, 11) is 0. The third-order valence-corrected chi connectivity index (χ3v) is 4.74. The Balaban J connectivity index is 1.91. The molecule has 1 N–H and O–H groups in total. The van der Waals surface area contributed by atoms with Crippen LogP contribution in [-0.4, -0.2) is 5.91 Å². The quantitative estimate of drug-likeness (QED) is 0.742. The van der Waals surface area contributed by atoms with Gasteiger partial charge in [0.05, 0.1) is 5.38 Å². The van der Waals surface area contributed by atoms with Gasteiger partial charge in [0, 0.05) is 16.6 Å². The molecule has 2 aromatic carbocycles. The van der Waals surface area contributed by atoms with Gasteiger partial charge in [0.25, 0.3) is 0 Å². The van der Waals surface area contributed by atoms with E-state index in [0.717, 1.165) is 34.1 Å². The first-order valence-electron chi connectivity index (χ1n) is 6.96. The van der Waals surface area contributed by atoms with Crippen LogP contribution in [0.1, 0.15) is 34.9 Å². The number of hydrogen-bond donors (Lipinski definition) is 1. The van der Waals surface area contributed by atoms with Crippen molar-refractivity contribution in [1.29, 1.82) is 0 Å². The van der Waals surface area contributed by atoms with Gasteiger partial charge in [0.2, 0.25) is 5.91 Å². The molecule has 1 aliphatic rings. The Morgan fingerprint density at radius 2 is 1.76 bits per heavy atom. The Morgan fingerprint density at radius 1 is 1.05 bits per heavy atom. The highest BCUT2D eigenvalue weighted by Crippen LogP contribution is 2.33. The first kappa shape index (κ1) is 14.6. The molecule has 0 fully saturated rings. The van der Waals surface area contributed by atoms with Gasteiger partial charge in [-0.3, -0.25) is 4.79 Å². The lowest BCUT2D eigenvalue weighted by Crippen LogP contribution is -2.09. The van der Waals surface area contributed by atoms with E-state index in [1.165, 1.54) is 5.56 Å². The molecule has 0 aromatic heterocycles. The molecule has 3 rings (SSSR count). The number of amides is 1. The van der Waals surface area contributed by atoms with E-state index in [0.29, 0.717) is 6.42 Å². The molecule has 2 aromatic rings. The fraction of sp³-hybridized carbons (Fsp3) is 0.235. The summed E-state index contributed by atoms with van der Waals surface area (Å²) < 4.78 is 1.04. The van der Waals surface area contributed by atoms with Crippen LogP contribution in [0.25, 0.3) is 0 Å². The third kappa shape index (κ3) is 3.30. The molecule has 1 atom stereocenters. The van der Waals surface area contributed by atoms with Gasteiger partial charge in [0.15, 0.2) is 0 Å². The zero-order chi connectivity index (χ0) is 14.8. The average Bonchev–Trinajstić information content (AvgIpc) is 2.67. The van der Waals surface area contributed by atoms with E-state index < -0.39 is 0 Å². The molecule has 0 spiro atoms. The third-order valence-electron chi connectivity index (χ3n) is 3.71. The predicted molar refractivity (Wildman–Crippen MR) is 89.8 cm³/mol. The lowest BCUT2D eigenvalue weighted by atomic mass is 9.99. The second-order valence-electron chi connectivity index (χ2n) is 5.23. The van der Waals surface area contributed by atoms with Gasteiger partial charge in [-0.05, 0) is 47.7 Å². The molecule has 1 amide bonds. The smallest absolute Gasteiger partial charge is 0.224 e. The molecular formula is C17H15BrClNO. The molecular weight excluding hydrogens is 350 g/mol. The van der Waals surface area contributed by atoms with Crippen molar-refractivity contribution in [3.63, 3.8) is 0 Å². The molecule has 2 nitrogen and oxygen atoms in total. The summed E-state index contributed by atoms with van der Waals surface area (Å²) in [6, 6.07) is 14.1. The Hall–Kier alpha value is -1.32. The van der Waals surface area contributed by atoms with Crippen LogP contribution in [0, 0.1) is 0 Å². The normalized spacial score (nSPS) is 15.8. The number of nitrogens with one attached hydrogen (secondary N) is 1. The molecule has 1 unspecified atom stereocenters. The highest BCUT2D eigenvalue weighted by atomic mass is 79.9. The minimum atomic E-state index is -0.178. The molecule has 21 heavy (non-hydrogen) atoms. The second kappa shape index (κ2) is 6.20. The van der Waals surface area contributed by atoms with Gasteiger partial charge in [-0.2, -0.15) is 0 Å². The SMILES string of the molecule is O=C1CCCc2cc(C(Cl)c3ccc(Br)cc3)ccc2N1. The number of anilines is 1. The van der Waals surface area contributed by atoms with Crippen LogP contribution in [0.3, 0.4) is 0 Å². The summed E-state index contributed by atoms with van der Waals surface area (Å²) >= 11 is 10.0. The maximum Gasteiger partial charge on any atom is 0.224 e. The number of benzene rings is 2. The van der Waals surface area contributed by atoms with Gasteiger partial charge in [-0.1, -0.05) is 40.2 Å². The number of aryl methyl sites for hydroxylation is 1. The van der Waals surface area contributed by atoms with E-state index in [2.05, 4.69) is 27.3 Å². The summed E-state index contributed by atoms with van der Waals surface area (Å²) in [6.45, 7) is 0. The summed E-state index contributed by atoms with van der Waals surface area (Å²) in [4.78, 5) is 11.6. The number of carbonyl (C=O) groups excluding carboxylic acids is 1. The van der Waals surface area contributed by atoms with E-state index in [1.54, 1.807) is 0 Å². The monoisotopic (exact) mass is 363 g/mol. The van der Waals surface area contributed by atoms with Crippen LogP contribution in [0.15, 0.2) is 46.9 Å². The number of hydrogen-bond acceptors (Lipinski definition) is 1. The number of alkyl halides is 1. The van der Waals surface area contributed by atoms with Crippen LogP contribution in [0.5, 0.6) is 0 Å². The van der Waals surface area contributed by atoms with Crippen molar-refractivity contribution in [1.82, 2.24) is 0 Å². The number of halogens is 2. The molecule has 1 heterocycles. The fourth-order valence-corrected chi connectivity index (χ4v) is 3.12. The zero-order valence-corrected chi connectivity index (χ0v) is 13.7. The van der Waals surface area contributed by atoms with Crippen molar-refractivity contribution in [2.75, 3.05) is 5.32 Å². The Labute approximate surface area is 137 Å². The van der Waals surface area contributed by atoms with Crippen LogP contribution < -0.4 is 5.32 Å². The van der Waals surface area contributed by atoms with E-state index in [1.807, 2.05) is 36.4 Å². The van der Waals surface area contributed by atoms with Crippen molar-refractivity contribution in [3.8, 4) is 0 Å². The topological polar surface area (TPSA) is 29.1 Å². The van der Waals surface area contributed by atoms with Crippen molar-refractivity contribution >= 4 is 39.1 Å². The van der Waals surface area contributed by atoms with Crippen molar-refractivity contribution in [2.45, 2.75) is 24.6 Å². The Morgan fingerprint density at radius 3 is 2.52 bits per heavy atom. The first-order chi connectivity index (χ1) is 10.1. The van der Waals surface area contributed by atoms with Crippen molar-refractivity contribution < 1.29 is 4.79 Å². The average molecular weight is 365 g/mol. The minimum absolute atomic E-state index is 0.0943. The number of rotatable bonds is 2. The molecule has 0 saturated heterocycles. The lowest BCUT2D eigenvalue weighted by molar-refractivity contribution is -0.116. The molecule has 0 aliphatic carbocycles. The van der Waals surface area contributed by atoms with Crippen molar-refractivity contribution in [3.05, 3.63) is 63.6 Å². The predicted octanol–water partition coefficient (Wildman–Crippen LogP) is 5.05. The Bertz CT molecular complexity index is 669. The number of fused-ring (bicyclic) bond motifs is 1. The summed E-state index contributed by atoms with van der Waals surface area (Å²) in [5.41, 5.74) is 4.22. The molecule has 0 saturated carbocycles. The molecule has 0 bridgehead atoms. The standard InChI is InChI=1S/C17H15BrClNO/c18-14-7-4-11(5-8-14)17(19)13-6-9-15-12(10-13)2-1-3-16(21)20-15/h4-10,17H,1-3H2,(H,20,21). The zero-order valence-electron chi connectivity index (χ0n) is 11.4.